The molecule has 1 amide bonds. The van der Waals surface area contributed by atoms with Gasteiger partial charge in [-0.15, -0.1) is 0 Å². The number of esters is 1. The number of aliphatic hydroxyl groups excluding tert-OH is 5. The van der Waals surface area contributed by atoms with Crippen LogP contribution in [-0.2, 0) is 23.8 Å². The van der Waals surface area contributed by atoms with Crippen molar-refractivity contribution in [2.75, 3.05) is 13.2 Å². The molecule has 11 nitrogen and oxygen atoms in total. The van der Waals surface area contributed by atoms with E-state index < -0.39 is 67.4 Å². The van der Waals surface area contributed by atoms with E-state index in [0.717, 1.165) is 103 Å². The smallest absolute Gasteiger partial charge is 0.306 e. The summed E-state index contributed by atoms with van der Waals surface area (Å²) in [5.74, 6) is -1.21. The minimum Gasteiger partial charge on any atom is -0.454 e. The van der Waals surface area contributed by atoms with Gasteiger partial charge in [0.05, 0.1) is 25.4 Å². The molecule has 502 valence electrons. The van der Waals surface area contributed by atoms with Crippen molar-refractivity contribution >= 4 is 11.9 Å². The number of ether oxygens (including phenoxy) is 3. The second-order valence-electron chi connectivity index (χ2n) is 24.6. The molecule has 0 aromatic rings. The van der Waals surface area contributed by atoms with Crippen LogP contribution >= 0.6 is 0 Å². The van der Waals surface area contributed by atoms with Crippen LogP contribution in [0.25, 0.3) is 0 Å². The summed E-state index contributed by atoms with van der Waals surface area (Å²) in [5, 5.41) is 57.2. The minimum absolute atomic E-state index is 0.0992. The average molecular weight is 1220 g/mol. The highest BCUT2D eigenvalue weighted by Gasteiger charge is 2.47. The van der Waals surface area contributed by atoms with Crippen LogP contribution in [0.2, 0.25) is 0 Å². The van der Waals surface area contributed by atoms with E-state index in [2.05, 4.69) is 111 Å². The lowest BCUT2D eigenvalue weighted by atomic mass is 9.99. The lowest BCUT2D eigenvalue weighted by molar-refractivity contribution is -0.305. The maximum absolute atomic E-state index is 13.5. The summed E-state index contributed by atoms with van der Waals surface area (Å²) in [6.45, 7) is 5.74. The number of nitrogens with one attached hydrogen (secondary N) is 1. The number of allylic oxidation sites excluding steroid dienone is 15. The van der Waals surface area contributed by atoms with Gasteiger partial charge >= 0.3 is 5.97 Å². The molecule has 1 aliphatic rings. The topological polar surface area (TPSA) is 175 Å². The number of unbranched alkanes of at least 4 members (excludes halogenated alkanes) is 33. The third-order valence-electron chi connectivity index (χ3n) is 16.5. The minimum atomic E-state index is -1.63. The third kappa shape index (κ3) is 50.0. The van der Waals surface area contributed by atoms with Gasteiger partial charge < -0.3 is 45.1 Å². The number of hydrogen-bond donors (Lipinski definition) is 6. The first-order valence-corrected chi connectivity index (χ1v) is 36.0. The summed E-state index contributed by atoms with van der Waals surface area (Å²) in [6.07, 6.45) is 74.4. The van der Waals surface area contributed by atoms with Crippen LogP contribution in [0.5, 0.6) is 0 Å². The fraction of sp³-hybridized carbons (Fsp3) is 0.763. The van der Waals surface area contributed by atoms with Gasteiger partial charge in [-0.1, -0.05) is 291 Å². The van der Waals surface area contributed by atoms with Gasteiger partial charge in [-0.2, -0.15) is 0 Å². The Kier molecular flexibility index (Phi) is 58.9. The number of amides is 1. The Morgan fingerprint density at radius 1 is 0.448 bits per heavy atom. The molecule has 8 unspecified atom stereocenters. The molecule has 0 radical (unpaired) electrons. The standard InChI is InChI=1S/C76H133NO10/c1-4-7-10-13-16-19-22-24-26-28-30-32-33-34-35-36-38-39-41-43-45-48-51-54-57-60-63-69(80)75(84)77-67(68(79)62-59-56-53-50-47-21-18-15-12-9-6-3)66-85-76-74(73(83)72(82)70(65-78)86-76)87-71(81)64-61-58-55-52-49-46-44-42-40-37-31-29-27-25-23-20-17-14-11-8-5-2/h16-17,19-20,24-27,30-32,37,42,44,59,62,67-70,72-74,76,78-80,82-83H,4-15,18,21-23,28-29,33-36,38-41,43,45-58,60-61,63-66H2,1-3H3,(H,77,84)/b19-16-,20-17-,26-24-,27-25-,32-30-,37-31-,44-42-,62-59+. The Hall–Kier alpha value is -3.42. The number of carbonyl (C=O) groups excluding carboxylic acids is 2. The van der Waals surface area contributed by atoms with Crippen molar-refractivity contribution in [1.29, 1.82) is 0 Å². The summed E-state index contributed by atoms with van der Waals surface area (Å²) < 4.78 is 17.7. The largest absolute Gasteiger partial charge is 0.454 e. The molecule has 87 heavy (non-hydrogen) atoms. The van der Waals surface area contributed by atoms with Gasteiger partial charge in [0.1, 0.15) is 24.4 Å². The van der Waals surface area contributed by atoms with E-state index in [1.54, 1.807) is 6.08 Å². The molecule has 1 fully saturated rings. The van der Waals surface area contributed by atoms with Crippen LogP contribution in [0.3, 0.4) is 0 Å². The van der Waals surface area contributed by atoms with Gasteiger partial charge in [0.25, 0.3) is 0 Å². The number of hydrogen-bond acceptors (Lipinski definition) is 10. The zero-order valence-corrected chi connectivity index (χ0v) is 55.9. The number of carbonyl (C=O) groups is 2. The first-order chi connectivity index (χ1) is 42.7. The van der Waals surface area contributed by atoms with Gasteiger partial charge in [0, 0.05) is 6.42 Å². The molecule has 6 N–H and O–H groups in total. The van der Waals surface area contributed by atoms with Crippen LogP contribution in [0.1, 0.15) is 310 Å². The van der Waals surface area contributed by atoms with Crippen molar-refractivity contribution < 1.29 is 49.3 Å². The lowest BCUT2D eigenvalue weighted by Crippen LogP contribution is -2.61. The quantitative estimate of drug-likeness (QED) is 0.0195. The first kappa shape index (κ1) is 81.6. The maximum atomic E-state index is 13.5. The molecule has 0 saturated carbocycles. The molecule has 1 aliphatic heterocycles. The zero-order chi connectivity index (χ0) is 63.1. The second kappa shape index (κ2) is 62.8. The molecule has 11 heteroatoms. The molecule has 0 spiro atoms. The molecule has 8 atom stereocenters. The van der Waals surface area contributed by atoms with Crippen molar-refractivity contribution in [3.63, 3.8) is 0 Å². The first-order valence-electron chi connectivity index (χ1n) is 36.0. The van der Waals surface area contributed by atoms with Crippen molar-refractivity contribution in [3.8, 4) is 0 Å². The van der Waals surface area contributed by atoms with Crippen molar-refractivity contribution in [3.05, 3.63) is 97.2 Å². The van der Waals surface area contributed by atoms with Crippen molar-refractivity contribution in [2.24, 2.45) is 0 Å². The van der Waals surface area contributed by atoms with E-state index in [0.29, 0.717) is 12.8 Å². The lowest BCUT2D eigenvalue weighted by Gasteiger charge is -2.41. The van der Waals surface area contributed by atoms with E-state index in [1.165, 1.54) is 161 Å². The average Bonchev–Trinajstić information content (AvgIpc) is 3.60. The summed E-state index contributed by atoms with van der Waals surface area (Å²) >= 11 is 0. The fourth-order valence-corrected chi connectivity index (χ4v) is 10.8. The second-order valence-corrected chi connectivity index (χ2v) is 24.6. The highest BCUT2D eigenvalue weighted by atomic mass is 16.7. The highest BCUT2D eigenvalue weighted by Crippen LogP contribution is 2.26. The number of aliphatic hydroxyl groups is 5. The van der Waals surface area contributed by atoms with Gasteiger partial charge in [0.15, 0.2) is 12.4 Å². The van der Waals surface area contributed by atoms with E-state index in [-0.39, 0.29) is 19.4 Å². The number of rotatable bonds is 61. The van der Waals surface area contributed by atoms with Crippen LogP contribution in [0.4, 0.5) is 0 Å². The van der Waals surface area contributed by atoms with E-state index in [4.69, 9.17) is 14.2 Å². The normalized spacial score (nSPS) is 18.8. The molecule has 1 rings (SSSR count). The van der Waals surface area contributed by atoms with Gasteiger partial charge in [-0.3, -0.25) is 9.59 Å². The molecular weight excluding hydrogens is 1090 g/mol. The van der Waals surface area contributed by atoms with Gasteiger partial charge in [-0.25, -0.2) is 0 Å². The molecular formula is C76H133NO10. The Morgan fingerprint density at radius 2 is 0.793 bits per heavy atom. The summed E-state index contributed by atoms with van der Waals surface area (Å²) in [7, 11) is 0. The summed E-state index contributed by atoms with van der Waals surface area (Å²) in [4.78, 5) is 26.7. The van der Waals surface area contributed by atoms with Crippen LogP contribution in [0, 0.1) is 0 Å². The monoisotopic (exact) mass is 1220 g/mol. The molecule has 1 heterocycles. The molecule has 1 saturated heterocycles. The van der Waals surface area contributed by atoms with Gasteiger partial charge in [-0.05, 0) is 109 Å². The van der Waals surface area contributed by atoms with E-state index in [1.807, 2.05) is 6.08 Å². The van der Waals surface area contributed by atoms with Crippen molar-refractivity contribution in [2.45, 2.75) is 359 Å². The predicted octanol–water partition coefficient (Wildman–Crippen LogP) is 18.6. The van der Waals surface area contributed by atoms with Crippen LogP contribution < -0.4 is 5.32 Å². The molecule has 0 aromatic heterocycles. The zero-order valence-electron chi connectivity index (χ0n) is 55.9. The Balaban J connectivity index is 2.56. The molecule has 0 aliphatic carbocycles. The Bertz CT molecular complexity index is 1790. The van der Waals surface area contributed by atoms with Crippen LogP contribution in [0.15, 0.2) is 97.2 Å². The van der Waals surface area contributed by atoms with Gasteiger partial charge in [0.2, 0.25) is 5.91 Å². The van der Waals surface area contributed by atoms with Crippen molar-refractivity contribution in [1.82, 2.24) is 5.32 Å². The predicted molar refractivity (Wildman–Crippen MR) is 365 cm³/mol. The molecule has 0 bridgehead atoms. The van der Waals surface area contributed by atoms with Crippen LogP contribution in [-0.4, -0.2) is 99.6 Å². The third-order valence-corrected chi connectivity index (χ3v) is 16.5. The molecule has 0 aromatic carbocycles. The summed E-state index contributed by atoms with van der Waals surface area (Å²) in [6, 6.07) is -1.03. The maximum Gasteiger partial charge on any atom is 0.306 e. The van der Waals surface area contributed by atoms with E-state index >= 15 is 0 Å². The fourth-order valence-electron chi connectivity index (χ4n) is 10.8. The SMILES string of the molecule is CCCCC/C=C\C/C=C\C/C=C\C/C=C\CCCCCCCC(=O)OC1C(OCC(NC(=O)C(O)CCCCCCCCCCCCCCC/C=C\C/C=C\C/C=C\CCCCC)C(O)/C=C/CCCCCCCCCCC)OC(CO)C(O)C1O. The Morgan fingerprint density at radius 3 is 1.21 bits per heavy atom. The highest BCUT2D eigenvalue weighted by molar-refractivity contribution is 5.80. The van der Waals surface area contributed by atoms with E-state index in [9.17, 15) is 35.1 Å². The Labute approximate surface area is 533 Å². The summed E-state index contributed by atoms with van der Waals surface area (Å²) in [5.41, 5.74) is 0.